The van der Waals surface area contributed by atoms with E-state index in [1.807, 2.05) is 6.07 Å². The van der Waals surface area contributed by atoms with Gasteiger partial charge in [-0.1, -0.05) is 48.0 Å². The lowest BCUT2D eigenvalue weighted by atomic mass is 10.1. The van der Waals surface area contributed by atoms with Gasteiger partial charge < -0.3 is 10.6 Å². The van der Waals surface area contributed by atoms with Crippen LogP contribution in [0, 0.1) is 0 Å². The van der Waals surface area contributed by atoms with Gasteiger partial charge in [-0.05, 0) is 17.7 Å². The first-order chi connectivity index (χ1) is 13.0. The number of carbonyl (C=O) groups excluding carboxylic acids is 2. The van der Waals surface area contributed by atoms with Gasteiger partial charge in [0.15, 0.2) is 5.69 Å². The molecule has 1 heterocycles. The Hall–Kier alpha value is -3.19. The normalized spacial score (nSPS) is 10.6. The van der Waals surface area contributed by atoms with Crippen molar-refractivity contribution in [3.05, 3.63) is 75.2 Å². The molecule has 2 N–H and O–H groups in total. The van der Waals surface area contributed by atoms with Crippen LogP contribution < -0.4 is 16.2 Å². The zero-order valence-corrected chi connectivity index (χ0v) is 15.3. The molecule has 0 atom stereocenters. The third-order valence-electron chi connectivity index (χ3n) is 4.04. The average molecular weight is 385 g/mol. The van der Waals surface area contributed by atoms with Crippen LogP contribution in [0.25, 0.3) is 10.8 Å². The summed E-state index contributed by atoms with van der Waals surface area (Å²) in [6.07, 6.45) is 0. The predicted octanol–water partition coefficient (Wildman–Crippen LogP) is 1.73. The molecule has 1 aromatic heterocycles. The maximum Gasteiger partial charge on any atom is 0.275 e. The first-order valence-electron chi connectivity index (χ1n) is 8.23. The van der Waals surface area contributed by atoms with Crippen LogP contribution in [0.5, 0.6) is 0 Å². The SMILES string of the molecule is CNC(=O)c1nn(CC(=O)NCc2ccccc2Cl)c(=O)c2ccccc12. The molecule has 8 heteroatoms. The molecule has 0 saturated heterocycles. The zero-order valence-electron chi connectivity index (χ0n) is 14.5. The highest BCUT2D eigenvalue weighted by atomic mass is 35.5. The summed E-state index contributed by atoms with van der Waals surface area (Å²) in [6, 6.07) is 13.8. The van der Waals surface area contributed by atoms with Crippen molar-refractivity contribution in [1.29, 1.82) is 0 Å². The molecule has 27 heavy (non-hydrogen) atoms. The van der Waals surface area contributed by atoms with E-state index in [2.05, 4.69) is 15.7 Å². The molecular formula is C19H17ClN4O3. The smallest absolute Gasteiger partial charge is 0.275 e. The number of nitrogens with zero attached hydrogens (tertiary/aromatic N) is 2. The number of aromatic nitrogens is 2. The van der Waals surface area contributed by atoms with Crippen molar-refractivity contribution in [1.82, 2.24) is 20.4 Å². The van der Waals surface area contributed by atoms with Gasteiger partial charge >= 0.3 is 0 Å². The zero-order chi connectivity index (χ0) is 19.4. The Bertz CT molecular complexity index is 1080. The van der Waals surface area contributed by atoms with E-state index in [1.165, 1.54) is 7.05 Å². The largest absolute Gasteiger partial charge is 0.354 e. The molecule has 0 spiro atoms. The molecule has 0 saturated carbocycles. The van der Waals surface area contributed by atoms with E-state index in [-0.39, 0.29) is 18.8 Å². The number of amides is 2. The quantitative estimate of drug-likeness (QED) is 0.700. The van der Waals surface area contributed by atoms with Crippen molar-refractivity contribution in [2.45, 2.75) is 13.1 Å². The Morgan fingerprint density at radius 2 is 1.74 bits per heavy atom. The van der Waals surface area contributed by atoms with Crippen molar-refractivity contribution in [3.63, 3.8) is 0 Å². The molecule has 0 aliphatic heterocycles. The fourth-order valence-corrected chi connectivity index (χ4v) is 2.86. The lowest BCUT2D eigenvalue weighted by molar-refractivity contribution is -0.122. The number of hydrogen-bond acceptors (Lipinski definition) is 4. The molecule has 0 unspecified atom stereocenters. The molecule has 0 aliphatic rings. The van der Waals surface area contributed by atoms with Crippen molar-refractivity contribution >= 4 is 34.2 Å². The molecule has 0 aliphatic carbocycles. The maximum absolute atomic E-state index is 12.6. The summed E-state index contributed by atoms with van der Waals surface area (Å²) < 4.78 is 0.995. The number of fused-ring (bicyclic) bond motifs is 1. The Balaban J connectivity index is 1.87. The highest BCUT2D eigenvalue weighted by Gasteiger charge is 2.17. The van der Waals surface area contributed by atoms with E-state index in [0.29, 0.717) is 15.8 Å². The third kappa shape index (κ3) is 3.98. The van der Waals surface area contributed by atoms with Gasteiger partial charge in [-0.2, -0.15) is 5.10 Å². The predicted molar refractivity (Wildman–Crippen MR) is 103 cm³/mol. The molecular weight excluding hydrogens is 368 g/mol. The Morgan fingerprint density at radius 3 is 2.44 bits per heavy atom. The van der Waals surface area contributed by atoms with E-state index >= 15 is 0 Å². The summed E-state index contributed by atoms with van der Waals surface area (Å²) in [4.78, 5) is 37.0. The summed E-state index contributed by atoms with van der Waals surface area (Å²) in [5.74, 6) is -0.848. The summed E-state index contributed by atoms with van der Waals surface area (Å²) in [6.45, 7) is -0.0821. The maximum atomic E-state index is 12.6. The lowest BCUT2D eigenvalue weighted by Gasteiger charge is -2.11. The molecule has 3 rings (SSSR count). The molecule has 2 amide bonds. The molecule has 3 aromatic rings. The number of halogens is 1. The second kappa shape index (κ2) is 8.01. The fraction of sp³-hybridized carbons (Fsp3) is 0.158. The number of rotatable bonds is 5. The molecule has 2 aromatic carbocycles. The van der Waals surface area contributed by atoms with E-state index < -0.39 is 17.4 Å². The van der Waals surface area contributed by atoms with Crippen LogP contribution in [0.1, 0.15) is 16.1 Å². The van der Waals surface area contributed by atoms with Gasteiger partial charge in [0, 0.05) is 24.0 Å². The van der Waals surface area contributed by atoms with Crippen LogP contribution in [0.15, 0.2) is 53.3 Å². The second-order valence-corrected chi connectivity index (χ2v) is 6.21. The van der Waals surface area contributed by atoms with Crippen molar-refractivity contribution in [2.24, 2.45) is 0 Å². The van der Waals surface area contributed by atoms with Crippen molar-refractivity contribution in [2.75, 3.05) is 7.05 Å². The van der Waals surface area contributed by atoms with Gasteiger partial charge in [-0.3, -0.25) is 14.4 Å². The summed E-state index contributed by atoms with van der Waals surface area (Å²) in [5, 5.41) is 10.6. The van der Waals surface area contributed by atoms with Crippen LogP contribution in [0.3, 0.4) is 0 Å². The first-order valence-corrected chi connectivity index (χ1v) is 8.61. The third-order valence-corrected chi connectivity index (χ3v) is 4.41. The monoisotopic (exact) mass is 384 g/mol. The van der Waals surface area contributed by atoms with Crippen LogP contribution >= 0.6 is 11.6 Å². The number of carbonyl (C=O) groups is 2. The minimum Gasteiger partial charge on any atom is -0.354 e. The Morgan fingerprint density at radius 1 is 1.07 bits per heavy atom. The molecule has 0 radical (unpaired) electrons. The molecule has 0 fully saturated rings. The van der Waals surface area contributed by atoms with Crippen LogP contribution in [-0.4, -0.2) is 28.6 Å². The van der Waals surface area contributed by atoms with Crippen molar-refractivity contribution < 1.29 is 9.59 Å². The fourth-order valence-electron chi connectivity index (χ4n) is 2.66. The van der Waals surface area contributed by atoms with Crippen LogP contribution in [0.2, 0.25) is 5.02 Å². The number of hydrogen-bond donors (Lipinski definition) is 2. The van der Waals surface area contributed by atoms with Gasteiger partial charge in [-0.25, -0.2) is 4.68 Å². The molecule has 0 bridgehead atoms. The topological polar surface area (TPSA) is 93.1 Å². The Kier molecular flexibility index (Phi) is 5.52. The minimum atomic E-state index is -0.439. The van der Waals surface area contributed by atoms with Crippen LogP contribution in [-0.2, 0) is 17.9 Å². The standard InChI is InChI=1S/C19H17ClN4O3/c1-21-18(26)17-13-7-3-4-8-14(13)19(27)24(23-17)11-16(25)22-10-12-6-2-5-9-15(12)20/h2-9H,10-11H2,1H3,(H,21,26)(H,22,25). The van der Waals surface area contributed by atoms with E-state index in [9.17, 15) is 14.4 Å². The van der Waals surface area contributed by atoms with Gasteiger partial charge in [0.1, 0.15) is 6.54 Å². The lowest BCUT2D eigenvalue weighted by Crippen LogP contribution is -2.35. The van der Waals surface area contributed by atoms with Gasteiger partial charge in [0.25, 0.3) is 11.5 Å². The highest BCUT2D eigenvalue weighted by Crippen LogP contribution is 2.15. The Labute approximate surface area is 160 Å². The summed E-state index contributed by atoms with van der Waals surface area (Å²) >= 11 is 6.07. The highest BCUT2D eigenvalue weighted by molar-refractivity contribution is 6.31. The van der Waals surface area contributed by atoms with Gasteiger partial charge in [0.05, 0.1) is 5.39 Å². The molecule has 7 nitrogen and oxygen atoms in total. The van der Waals surface area contributed by atoms with Gasteiger partial charge in [-0.15, -0.1) is 0 Å². The second-order valence-electron chi connectivity index (χ2n) is 5.80. The van der Waals surface area contributed by atoms with E-state index in [4.69, 9.17) is 11.6 Å². The van der Waals surface area contributed by atoms with Gasteiger partial charge in [0.2, 0.25) is 5.91 Å². The van der Waals surface area contributed by atoms with E-state index in [1.54, 1.807) is 42.5 Å². The number of nitrogens with one attached hydrogen (secondary N) is 2. The van der Waals surface area contributed by atoms with E-state index in [0.717, 1.165) is 10.2 Å². The van der Waals surface area contributed by atoms with Crippen molar-refractivity contribution in [3.8, 4) is 0 Å². The first kappa shape index (κ1) is 18.6. The summed E-state index contributed by atoms with van der Waals surface area (Å²) in [7, 11) is 1.48. The summed E-state index contributed by atoms with van der Waals surface area (Å²) in [5.41, 5.74) is 0.412. The minimum absolute atomic E-state index is 0.0894. The average Bonchev–Trinajstić information content (AvgIpc) is 2.69. The van der Waals surface area contributed by atoms with Crippen LogP contribution in [0.4, 0.5) is 0 Å². The number of benzene rings is 2. The molecule has 138 valence electrons.